The molecule has 4 heteroatoms. The predicted octanol–water partition coefficient (Wildman–Crippen LogP) is 2.59. The number of anilines is 1. The minimum Gasteiger partial charge on any atom is -0.456 e. The molecule has 94 valence electrons. The third-order valence-electron chi connectivity index (χ3n) is 2.60. The van der Waals surface area contributed by atoms with Crippen LogP contribution < -0.4 is 5.32 Å². The van der Waals surface area contributed by atoms with Crippen molar-refractivity contribution in [3.05, 3.63) is 53.5 Å². The molecule has 4 nitrogen and oxygen atoms in total. The summed E-state index contributed by atoms with van der Waals surface area (Å²) in [6, 6.07) is 10.5. The molecule has 0 aliphatic carbocycles. The van der Waals surface area contributed by atoms with Crippen molar-refractivity contribution in [3.8, 4) is 0 Å². The van der Waals surface area contributed by atoms with Crippen molar-refractivity contribution in [3.63, 3.8) is 0 Å². The largest absolute Gasteiger partial charge is 0.456 e. The molecule has 2 rings (SSSR count). The number of hydrogen-bond donors (Lipinski definition) is 2. The van der Waals surface area contributed by atoms with E-state index in [-0.39, 0.29) is 12.5 Å². The van der Waals surface area contributed by atoms with E-state index in [1.165, 1.54) is 0 Å². The van der Waals surface area contributed by atoms with Crippen molar-refractivity contribution in [2.24, 2.45) is 0 Å². The van der Waals surface area contributed by atoms with Crippen LogP contribution in [-0.4, -0.2) is 11.0 Å². The second-order valence-electron chi connectivity index (χ2n) is 3.93. The normalized spacial score (nSPS) is 10.3. The third-order valence-corrected chi connectivity index (χ3v) is 2.60. The molecular formula is C14H15NO3. The Hall–Kier alpha value is -2.07. The number of carbonyl (C=O) groups excluding carboxylic acids is 1. The van der Waals surface area contributed by atoms with Gasteiger partial charge in [-0.3, -0.25) is 4.79 Å². The Bertz CT molecular complexity index is 545. The van der Waals surface area contributed by atoms with Crippen molar-refractivity contribution in [1.29, 1.82) is 0 Å². The van der Waals surface area contributed by atoms with Crippen LogP contribution in [0.1, 0.15) is 28.8 Å². The molecule has 0 bridgehead atoms. The topological polar surface area (TPSA) is 62.5 Å². The number of aliphatic hydroxyl groups excluding tert-OH is 1. The molecule has 18 heavy (non-hydrogen) atoms. The summed E-state index contributed by atoms with van der Waals surface area (Å²) in [5.74, 6) is 0.787. The number of furan rings is 1. The van der Waals surface area contributed by atoms with Crippen LogP contribution in [0.15, 0.2) is 40.8 Å². The second kappa shape index (κ2) is 5.51. The van der Waals surface area contributed by atoms with Gasteiger partial charge in [-0.25, -0.2) is 0 Å². The predicted molar refractivity (Wildman–Crippen MR) is 68.4 cm³/mol. The zero-order valence-electron chi connectivity index (χ0n) is 10.1. The first-order valence-electron chi connectivity index (χ1n) is 5.82. The second-order valence-corrected chi connectivity index (χ2v) is 3.93. The van der Waals surface area contributed by atoms with Crippen LogP contribution in [0.25, 0.3) is 0 Å². The molecule has 2 N–H and O–H groups in total. The Morgan fingerprint density at radius 3 is 2.83 bits per heavy atom. The van der Waals surface area contributed by atoms with E-state index in [0.29, 0.717) is 11.4 Å². The lowest BCUT2D eigenvalue weighted by Crippen LogP contribution is -2.11. The van der Waals surface area contributed by atoms with Crippen molar-refractivity contribution < 1.29 is 14.3 Å². The first-order valence-corrected chi connectivity index (χ1v) is 5.82. The molecule has 1 heterocycles. The third kappa shape index (κ3) is 2.78. The van der Waals surface area contributed by atoms with Crippen molar-refractivity contribution in [2.45, 2.75) is 20.0 Å². The standard InChI is InChI=1S/C14H15NO3/c1-2-12-6-7-13(18-12)14(17)15-11-5-3-4-10(8-11)9-16/h3-8,16H,2,9H2,1H3,(H,15,17). The van der Waals surface area contributed by atoms with Crippen molar-refractivity contribution in [2.75, 3.05) is 5.32 Å². The van der Waals surface area contributed by atoms with E-state index in [1.54, 1.807) is 36.4 Å². The fraction of sp³-hybridized carbons (Fsp3) is 0.214. The molecule has 2 aromatic rings. The first-order chi connectivity index (χ1) is 8.72. The van der Waals surface area contributed by atoms with Gasteiger partial charge in [0.25, 0.3) is 5.91 Å². The minimum atomic E-state index is -0.287. The first kappa shape index (κ1) is 12.4. The van der Waals surface area contributed by atoms with Gasteiger partial charge in [0.05, 0.1) is 6.61 Å². The summed E-state index contributed by atoms with van der Waals surface area (Å²) in [6.45, 7) is 1.91. The molecule has 1 aromatic carbocycles. The van der Waals surface area contributed by atoms with E-state index in [9.17, 15) is 4.79 Å². The minimum absolute atomic E-state index is 0.0511. The fourth-order valence-corrected chi connectivity index (χ4v) is 1.63. The maximum Gasteiger partial charge on any atom is 0.291 e. The van der Waals surface area contributed by atoms with Crippen LogP contribution in [0, 0.1) is 0 Å². The molecule has 0 radical (unpaired) electrons. The van der Waals surface area contributed by atoms with Crippen LogP contribution in [0.2, 0.25) is 0 Å². The molecule has 1 amide bonds. The van der Waals surface area contributed by atoms with Crippen molar-refractivity contribution >= 4 is 11.6 Å². The maximum absolute atomic E-state index is 11.9. The Labute approximate surface area is 105 Å². The van der Waals surface area contributed by atoms with Gasteiger partial charge < -0.3 is 14.8 Å². The van der Waals surface area contributed by atoms with Crippen LogP contribution in [0.5, 0.6) is 0 Å². The Morgan fingerprint density at radius 2 is 2.17 bits per heavy atom. The highest BCUT2D eigenvalue weighted by atomic mass is 16.3. The monoisotopic (exact) mass is 245 g/mol. The molecule has 0 atom stereocenters. The van der Waals surface area contributed by atoms with Crippen LogP contribution >= 0.6 is 0 Å². The van der Waals surface area contributed by atoms with Crippen molar-refractivity contribution in [1.82, 2.24) is 0 Å². The molecule has 0 unspecified atom stereocenters. The van der Waals surface area contributed by atoms with Gasteiger partial charge >= 0.3 is 0 Å². The number of nitrogens with one attached hydrogen (secondary N) is 1. The Balaban J connectivity index is 2.10. The molecule has 0 aliphatic rings. The average molecular weight is 245 g/mol. The number of amides is 1. The number of aliphatic hydroxyl groups is 1. The smallest absolute Gasteiger partial charge is 0.291 e. The van der Waals surface area contributed by atoms with Gasteiger partial charge in [-0.05, 0) is 29.8 Å². The van der Waals surface area contributed by atoms with Gasteiger partial charge in [-0.2, -0.15) is 0 Å². The zero-order valence-corrected chi connectivity index (χ0v) is 10.1. The summed E-state index contributed by atoms with van der Waals surface area (Å²) < 4.78 is 5.36. The van der Waals surface area contributed by atoms with Crippen LogP contribution in [-0.2, 0) is 13.0 Å². The van der Waals surface area contributed by atoms with E-state index >= 15 is 0 Å². The average Bonchev–Trinajstić information content (AvgIpc) is 2.88. The number of hydrogen-bond acceptors (Lipinski definition) is 3. The molecular weight excluding hydrogens is 230 g/mol. The van der Waals surface area contributed by atoms with Gasteiger partial charge in [0.15, 0.2) is 5.76 Å². The highest BCUT2D eigenvalue weighted by Gasteiger charge is 2.10. The molecule has 0 spiro atoms. The number of aryl methyl sites for hydroxylation is 1. The number of rotatable bonds is 4. The summed E-state index contributed by atoms with van der Waals surface area (Å²) in [5, 5.41) is 11.7. The quantitative estimate of drug-likeness (QED) is 0.870. The molecule has 0 saturated carbocycles. The van der Waals surface area contributed by atoms with Gasteiger partial charge in [-0.1, -0.05) is 19.1 Å². The van der Waals surface area contributed by atoms with E-state index in [2.05, 4.69) is 5.32 Å². The summed E-state index contributed by atoms with van der Waals surface area (Å²) in [4.78, 5) is 11.9. The summed E-state index contributed by atoms with van der Waals surface area (Å²) in [6.07, 6.45) is 0.757. The van der Waals surface area contributed by atoms with Gasteiger partial charge in [0.2, 0.25) is 0 Å². The number of carbonyl (C=O) groups is 1. The van der Waals surface area contributed by atoms with E-state index in [4.69, 9.17) is 9.52 Å². The molecule has 0 aliphatic heterocycles. The lowest BCUT2D eigenvalue weighted by Gasteiger charge is -2.04. The van der Waals surface area contributed by atoms with Gasteiger partial charge in [-0.15, -0.1) is 0 Å². The Kier molecular flexibility index (Phi) is 3.79. The Morgan fingerprint density at radius 1 is 1.33 bits per heavy atom. The van der Waals surface area contributed by atoms with Gasteiger partial charge in [0, 0.05) is 12.1 Å². The van der Waals surface area contributed by atoms with Gasteiger partial charge in [0.1, 0.15) is 5.76 Å². The molecule has 0 saturated heterocycles. The number of benzene rings is 1. The van der Waals surface area contributed by atoms with E-state index in [1.807, 2.05) is 6.92 Å². The SMILES string of the molecule is CCc1ccc(C(=O)Nc2cccc(CO)c2)o1. The summed E-state index contributed by atoms with van der Waals surface area (Å²) >= 11 is 0. The van der Waals surface area contributed by atoms with E-state index in [0.717, 1.165) is 17.7 Å². The zero-order chi connectivity index (χ0) is 13.0. The van der Waals surface area contributed by atoms with Crippen LogP contribution in [0.4, 0.5) is 5.69 Å². The molecule has 0 fully saturated rings. The summed E-state index contributed by atoms with van der Waals surface area (Å²) in [5.41, 5.74) is 1.39. The van der Waals surface area contributed by atoms with Crippen LogP contribution in [0.3, 0.4) is 0 Å². The highest BCUT2D eigenvalue weighted by molar-refractivity contribution is 6.02. The molecule has 1 aromatic heterocycles. The summed E-state index contributed by atoms with van der Waals surface area (Å²) in [7, 11) is 0. The lowest BCUT2D eigenvalue weighted by atomic mass is 10.2. The van der Waals surface area contributed by atoms with E-state index < -0.39 is 0 Å². The lowest BCUT2D eigenvalue weighted by molar-refractivity contribution is 0.0995. The maximum atomic E-state index is 11.9. The highest BCUT2D eigenvalue weighted by Crippen LogP contribution is 2.14. The fourth-order valence-electron chi connectivity index (χ4n) is 1.63.